The third kappa shape index (κ3) is 25.7. The fourth-order valence-electron chi connectivity index (χ4n) is 5.23. The third-order valence-electron chi connectivity index (χ3n) is 9.13. The van der Waals surface area contributed by atoms with Gasteiger partial charge in [-0.05, 0) is 125 Å². The van der Waals surface area contributed by atoms with E-state index in [2.05, 4.69) is 118 Å². The summed E-state index contributed by atoms with van der Waals surface area (Å²) in [7, 11) is 3.59. The minimum absolute atomic E-state index is 0.0165. The number of methoxy groups -OCH3 is 2. The predicted octanol–water partition coefficient (Wildman–Crippen LogP) is 13.5. The molecule has 0 aromatic rings. The molecule has 2 atom stereocenters. The Labute approximate surface area is 276 Å². The minimum atomic E-state index is -0.0755. The van der Waals surface area contributed by atoms with Crippen LogP contribution in [0.5, 0.6) is 0 Å². The summed E-state index contributed by atoms with van der Waals surface area (Å²) < 4.78 is 11.0. The van der Waals surface area contributed by atoms with Crippen molar-refractivity contribution < 1.29 is 9.47 Å². The van der Waals surface area contributed by atoms with Gasteiger partial charge >= 0.3 is 0 Å². The predicted molar refractivity (Wildman–Crippen MR) is 198 cm³/mol. The summed E-state index contributed by atoms with van der Waals surface area (Å²) in [5.74, 6) is 1.66. The van der Waals surface area contributed by atoms with E-state index in [1.54, 1.807) is 14.2 Å². The van der Waals surface area contributed by atoms with Crippen molar-refractivity contribution in [2.75, 3.05) is 14.2 Å². The largest absolute Gasteiger partial charge is 0.379 e. The lowest BCUT2D eigenvalue weighted by Crippen LogP contribution is -2.21. The van der Waals surface area contributed by atoms with Crippen LogP contribution in [-0.2, 0) is 9.47 Å². The molecule has 2 unspecified atom stereocenters. The Morgan fingerprint density at radius 2 is 1.23 bits per heavy atom. The molecule has 0 fully saturated rings. The van der Waals surface area contributed by atoms with Crippen molar-refractivity contribution in [1.29, 1.82) is 0 Å². The molecule has 2 heteroatoms. The summed E-state index contributed by atoms with van der Waals surface area (Å²) >= 11 is 0. The molecule has 0 aliphatic heterocycles. The highest BCUT2D eigenvalue weighted by Crippen LogP contribution is 2.22. The number of unbranched alkanes of at least 4 members (excludes halogenated alkanes) is 1. The first-order valence-electron chi connectivity index (χ1n) is 17.8. The Morgan fingerprint density at radius 1 is 0.636 bits per heavy atom. The van der Waals surface area contributed by atoms with E-state index in [1.165, 1.54) is 86.5 Å². The normalized spacial score (nSPS) is 16.0. The summed E-state index contributed by atoms with van der Waals surface area (Å²) in [6.45, 7) is 22.4. The van der Waals surface area contributed by atoms with E-state index in [0.717, 1.165) is 37.5 Å². The molecule has 0 bridgehead atoms. The highest BCUT2D eigenvalue weighted by atomic mass is 16.5. The topological polar surface area (TPSA) is 18.5 Å². The highest BCUT2D eigenvalue weighted by molar-refractivity contribution is 5.23. The van der Waals surface area contributed by atoms with E-state index in [0.29, 0.717) is 0 Å². The van der Waals surface area contributed by atoms with Crippen molar-refractivity contribution >= 4 is 0 Å². The van der Waals surface area contributed by atoms with Crippen LogP contribution in [-0.4, -0.2) is 25.4 Å². The number of allylic oxidation sites excluding steroid dienone is 11. The Kier molecular flexibility index (Phi) is 23.7. The molecule has 0 heterocycles. The van der Waals surface area contributed by atoms with Crippen molar-refractivity contribution in [2.24, 2.45) is 11.8 Å². The van der Waals surface area contributed by atoms with Crippen LogP contribution in [0.4, 0.5) is 0 Å². The van der Waals surface area contributed by atoms with E-state index in [-0.39, 0.29) is 11.2 Å². The molecule has 0 aromatic heterocycles. The van der Waals surface area contributed by atoms with Crippen molar-refractivity contribution in [3.63, 3.8) is 0 Å². The first-order chi connectivity index (χ1) is 20.7. The van der Waals surface area contributed by atoms with Crippen LogP contribution in [0, 0.1) is 11.8 Å². The minimum Gasteiger partial charge on any atom is -0.379 e. The maximum absolute atomic E-state index is 5.52. The van der Waals surface area contributed by atoms with Gasteiger partial charge in [-0.15, -0.1) is 0 Å². The fraction of sp³-hybridized carbons (Fsp3) is 0.714. The molecule has 0 aromatic carbocycles. The molecule has 2 nitrogen and oxygen atoms in total. The Hall–Kier alpha value is -1.64. The van der Waals surface area contributed by atoms with Crippen LogP contribution in [0.3, 0.4) is 0 Å². The lowest BCUT2D eigenvalue weighted by molar-refractivity contribution is 0.0140. The summed E-state index contributed by atoms with van der Waals surface area (Å²) in [5.41, 5.74) is 5.58. The van der Waals surface area contributed by atoms with Crippen LogP contribution >= 0.6 is 0 Å². The molecule has 0 aliphatic rings. The molecule has 0 saturated heterocycles. The average molecular weight is 611 g/mol. The van der Waals surface area contributed by atoms with Crippen LogP contribution in [0.1, 0.15) is 159 Å². The van der Waals surface area contributed by atoms with Crippen molar-refractivity contribution in [3.8, 4) is 0 Å². The van der Waals surface area contributed by atoms with Gasteiger partial charge in [0.15, 0.2) is 0 Å². The molecule has 0 amide bonds. The van der Waals surface area contributed by atoms with Gasteiger partial charge in [0.1, 0.15) is 0 Å². The Balaban J connectivity index is 4.09. The van der Waals surface area contributed by atoms with E-state index in [9.17, 15) is 0 Å². The molecule has 0 saturated carbocycles. The zero-order valence-electron chi connectivity index (χ0n) is 31.5. The molecule has 0 N–H and O–H groups in total. The summed E-state index contributed by atoms with van der Waals surface area (Å²) in [6, 6.07) is 0. The molecular formula is C42H74O2. The Bertz CT molecular complexity index is 921. The molecule has 0 spiro atoms. The van der Waals surface area contributed by atoms with E-state index in [4.69, 9.17) is 9.47 Å². The Morgan fingerprint density at radius 3 is 1.89 bits per heavy atom. The van der Waals surface area contributed by atoms with Crippen molar-refractivity contribution in [1.82, 2.24) is 0 Å². The molecular weight excluding hydrogens is 536 g/mol. The van der Waals surface area contributed by atoms with Crippen LogP contribution in [0.2, 0.25) is 0 Å². The average Bonchev–Trinajstić information content (AvgIpc) is 2.95. The van der Waals surface area contributed by atoms with Crippen LogP contribution in [0.15, 0.2) is 70.9 Å². The van der Waals surface area contributed by atoms with Crippen molar-refractivity contribution in [2.45, 2.75) is 170 Å². The second kappa shape index (κ2) is 24.6. The van der Waals surface area contributed by atoms with Gasteiger partial charge in [-0.3, -0.25) is 0 Å². The monoisotopic (exact) mass is 611 g/mol. The molecule has 44 heavy (non-hydrogen) atoms. The molecule has 254 valence electrons. The zero-order chi connectivity index (χ0) is 33.4. The van der Waals surface area contributed by atoms with Gasteiger partial charge in [0, 0.05) is 14.2 Å². The summed E-state index contributed by atoms with van der Waals surface area (Å²) in [5, 5.41) is 0. The zero-order valence-corrected chi connectivity index (χ0v) is 31.5. The second-order valence-corrected chi connectivity index (χ2v) is 14.9. The first kappa shape index (κ1) is 42.4. The van der Waals surface area contributed by atoms with Gasteiger partial charge in [0.05, 0.1) is 11.2 Å². The summed E-state index contributed by atoms with van der Waals surface area (Å²) in [4.78, 5) is 0. The van der Waals surface area contributed by atoms with E-state index >= 15 is 0 Å². The van der Waals surface area contributed by atoms with Crippen molar-refractivity contribution in [3.05, 3.63) is 70.9 Å². The maximum atomic E-state index is 5.52. The van der Waals surface area contributed by atoms with E-state index in [1.807, 2.05) is 0 Å². The van der Waals surface area contributed by atoms with Crippen LogP contribution in [0.25, 0.3) is 0 Å². The fourth-order valence-corrected chi connectivity index (χ4v) is 5.23. The SMILES string of the molecule is COC(C)(C)C/C=C/C(C)=C/CCC(C)CCCC(C)CCCC/C(C)=C/C/C=C(C)/C=C/C=C(\C)CCCC(C)(C)OC. The molecule has 0 rings (SSSR count). The van der Waals surface area contributed by atoms with Crippen LogP contribution < -0.4 is 0 Å². The van der Waals surface area contributed by atoms with Gasteiger partial charge in [-0.2, -0.15) is 0 Å². The van der Waals surface area contributed by atoms with Gasteiger partial charge < -0.3 is 9.47 Å². The number of rotatable bonds is 25. The number of hydrogen-bond donors (Lipinski definition) is 0. The van der Waals surface area contributed by atoms with Gasteiger partial charge in [-0.25, -0.2) is 0 Å². The van der Waals surface area contributed by atoms with Gasteiger partial charge in [0.2, 0.25) is 0 Å². The second-order valence-electron chi connectivity index (χ2n) is 14.9. The molecule has 0 aliphatic carbocycles. The summed E-state index contributed by atoms with van der Waals surface area (Å²) in [6.07, 6.45) is 35.6. The lowest BCUT2D eigenvalue weighted by atomic mass is 9.92. The first-order valence-corrected chi connectivity index (χ1v) is 17.8. The smallest absolute Gasteiger partial charge is 0.0657 e. The maximum Gasteiger partial charge on any atom is 0.0657 e. The van der Waals surface area contributed by atoms with E-state index < -0.39 is 0 Å². The standard InChI is InChI=1S/C42H74O2/c1-35(23-15-25-37(3)27-17-29-39(5)31-19-33-41(7,8)43-11)21-13-14-22-36(2)24-16-26-38(4)28-18-30-40(6)32-20-34-42(9,10)44-12/h17,20,23,25,27,29-30,32,36,38H,13-16,18-19,21-22,24,26,28,31,33-34H2,1-12H3/b27-17+,32-20+,35-23+,37-25+,39-29+,40-30+. The lowest BCUT2D eigenvalue weighted by Gasteiger charge is -2.22. The third-order valence-corrected chi connectivity index (χ3v) is 9.13. The highest BCUT2D eigenvalue weighted by Gasteiger charge is 2.15. The quantitative estimate of drug-likeness (QED) is 0.0581. The van der Waals surface area contributed by atoms with Gasteiger partial charge in [0.25, 0.3) is 0 Å². The molecule has 0 radical (unpaired) electrons. The number of ether oxygens (including phenoxy) is 2. The number of hydrogen-bond acceptors (Lipinski definition) is 2. The van der Waals surface area contributed by atoms with Gasteiger partial charge in [-0.1, -0.05) is 117 Å².